The third-order valence-corrected chi connectivity index (χ3v) is 7.30. The molecule has 1 aliphatic rings. The van der Waals surface area contributed by atoms with Gasteiger partial charge in [-0.3, -0.25) is 9.36 Å². The van der Waals surface area contributed by atoms with Gasteiger partial charge in [0.1, 0.15) is 17.5 Å². The number of aromatic nitrogens is 1. The van der Waals surface area contributed by atoms with E-state index in [4.69, 9.17) is 19.2 Å². The molecule has 1 aromatic heterocycles. The Kier molecular flexibility index (Phi) is 8.11. The van der Waals surface area contributed by atoms with E-state index in [0.717, 1.165) is 16.5 Å². The Morgan fingerprint density at radius 3 is 2.53 bits per heavy atom. The fourth-order valence-electron chi connectivity index (χ4n) is 4.18. The summed E-state index contributed by atoms with van der Waals surface area (Å²) < 4.78 is 19.6. The van der Waals surface area contributed by atoms with Crippen molar-refractivity contribution in [1.82, 2.24) is 4.57 Å². The van der Waals surface area contributed by atoms with Crippen LogP contribution in [0.4, 0.5) is 0 Å². The second-order valence-corrected chi connectivity index (χ2v) is 10.00. The Hall–Kier alpha value is -3.17. The molecule has 0 fully saturated rings. The third kappa shape index (κ3) is 5.03. The minimum Gasteiger partial charge on any atom is -0.497 e. The van der Waals surface area contributed by atoms with Gasteiger partial charge < -0.3 is 14.2 Å². The first-order chi connectivity index (χ1) is 17.4. The molecule has 1 atom stereocenters. The highest BCUT2D eigenvalue weighted by molar-refractivity contribution is 9.10. The van der Waals surface area contributed by atoms with Gasteiger partial charge in [0.25, 0.3) is 5.56 Å². The first kappa shape index (κ1) is 25.9. The first-order valence-electron chi connectivity index (χ1n) is 11.6. The molecule has 188 valence electrons. The molecule has 36 heavy (non-hydrogen) atoms. The number of hydrogen-bond acceptors (Lipinski definition) is 7. The summed E-state index contributed by atoms with van der Waals surface area (Å²) in [5.74, 6) is 0.615. The number of allylic oxidation sites excluding steroid dienone is 1. The molecule has 0 saturated carbocycles. The molecule has 0 amide bonds. The number of thiazole rings is 1. The van der Waals surface area contributed by atoms with E-state index in [2.05, 4.69) is 15.9 Å². The monoisotopic (exact) mass is 570 g/mol. The number of fused-ring (bicyclic) bond motifs is 1. The molecule has 0 spiro atoms. The Balaban J connectivity index is 2.05. The summed E-state index contributed by atoms with van der Waals surface area (Å²) in [5.41, 5.74) is 2.22. The Labute approximate surface area is 221 Å². The molecular weight excluding hydrogens is 544 g/mol. The van der Waals surface area contributed by atoms with Crippen LogP contribution in [0.2, 0.25) is 0 Å². The van der Waals surface area contributed by atoms with Crippen molar-refractivity contribution in [1.29, 1.82) is 0 Å². The smallest absolute Gasteiger partial charge is 0.338 e. The number of hydrogen-bond donors (Lipinski definition) is 0. The quantitative estimate of drug-likeness (QED) is 0.376. The van der Waals surface area contributed by atoms with E-state index in [1.54, 1.807) is 43.9 Å². The molecule has 0 radical (unpaired) electrons. The maximum Gasteiger partial charge on any atom is 0.338 e. The Morgan fingerprint density at radius 2 is 1.89 bits per heavy atom. The van der Waals surface area contributed by atoms with Crippen LogP contribution in [0.15, 0.2) is 68.0 Å². The zero-order chi connectivity index (χ0) is 25.8. The highest BCUT2D eigenvalue weighted by Gasteiger charge is 2.36. The van der Waals surface area contributed by atoms with E-state index in [0.29, 0.717) is 44.1 Å². The van der Waals surface area contributed by atoms with E-state index < -0.39 is 12.0 Å². The van der Waals surface area contributed by atoms with Crippen LogP contribution in [0.1, 0.15) is 43.9 Å². The van der Waals surface area contributed by atoms with E-state index in [9.17, 15) is 9.59 Å². The van der Waals surface area contributed by atoms with Crippen molar-refractivity contribution in [2.24, 2.45) is 4.99 Å². The van der Waals surface area contributed by atoms with Gasteiger partial charge in [-0.1, -0.05) is 52.7 Å². The highest BCUT2D eigenvalue weighted by Crippen LogP contribution is 2.38. The number of methoxy groups -OCH3 is 2. The number of nitrogens with zero attached hydrogens (tertiary/aromatic N) is 2. The van der Waals surface area contributed by atoms with Crippen LogP contribution in [-0.4, -0.2) is 31.4 Å². The molecule has 0 saturated heterocycles. The van der Waals surface area contributed by atoms with Gasteiger partial charge in [-0.05, 0) is 55.3 Å². The number of rotatable bonds is 8. The molecule has 7 nitrogen and oxygen atoms in total. The molecule has 0 aliphatic carbocycles. The molecular formula is C27H27BrN2O5S. The van der Waals surface area contributed by atoms with Crippen molar-refractivity contribution < 1.29 is 19.0 Å². The van der Waals surface area contributed by atoms with Crippen molar-refractivity contribution in [3.05, 3.63) is 89.0 Å². The van der Waals surface area contributed by atoms with Gasteiger partial charge in [0.15, 0.2) is 4.80 Å². The van der Waals surface area contributed by atoms with Crippen LogP contribution < -0.4 is 24.4 Å². The van der Waals surface area contributed by atoms with Crippen LogP contribution in [0.5, 0.6) is 11.5 Å². The molecule has 0 N–H and O–H groups in total. The molecule has 2 heterocycles. The molecule has 4 rings (SSSR count). The summed E-state index contributed by atoms with van der Waals surface area (Å²) in [6.45, 7) is 3.99. The van der Waals surface area contributed by atoms with Crippen molar-refractivity contribution >= 4 is 39.3 Å². The molecule has 3 aromatic rings. The zero-order valence-corrected chi connectivity index (χ0v) is 22.9. The molecule has 1 aliphatic heterocycles. The van der Waals surface area contributed by atoms with Crippen molar-refractivity contribution in [3.8, 4) is 11.5 Å². The van der Waals surface area contributed by atoms with E-state index in [1.165, 1.54) is 11.3 Å². The normalized spacial score (nSPS) is 15.4. The van der Waals surface area contributed by atoms with Gasteiger partial charge >= 0.3 is 5.97 Å². The van der Waals surface area contributed by atoms with Gasteiger partial charge in [-0.15, -0.1) is 0 Å². The lowest BCUT2D eigenvalue weighted by Crippen LogP contribution is -2.40. The summed E-state index contributed by atoms with van der Waals surface area (Å²) in [4.78, 5) is 32.5. The zero-order valence-electron chi connectivity index (χ0n) is 20.5. The highest BCUT2D eigenvalue weighted by atomic mass is 79.9. The lowest BCUT2D eigenvalue weighted by molar-refractivity contribution is -0.139. The molecule has 0 unspecified atom stereocenters. The van der Waals surface area contributed by atoms with Crippen LogP contribution in [0, 0.1) is 0 Å². The maximum atomic E-state index is 13.8. The summed E-state index contributed by atoms with van der Waals surface area (Å²) >= 11 is 4.74. The second kappa shape index (κ2) is 11.3. The van der Waals surface area contributed by atoms with E-state index in [1.807, 2.05) is 37.3 Å². The number of carbonyl (C=O) groups is 1. The largest absolute Gasteiger partial charge is 0.497 e. The average molecular weight is 571 g/mol. The summed E-state index contributed by atoms with van der Waals surface area (Å²) in [6, 6.07) is 12.3. The van der Waals surface area contributed by atoms with Gasteiger partial charge in [0.05, 0.1) is 36.6 Å². The van der Waals surface area contributed by atoms with Crippen molar-refractivity contribution in [2.75, 3.05) is 20.8 Å². The first-order valence-corrected chi connectivity index (χ1v) is 13.2. The van der Waals surface area contributed by atoms with E-state index in [-0.39, 0.29) is 12.2 Å². The predicted octanol–water partition coefficient (Wildman–Crippen LogP) is 4.36. The van der Waals surface area contributed by atoms with Crippen LogP contribution in [0.25, 0.3) is 6.08 Å². The Morgan fingerprint density at radius 1 is 1.14 bits per heavy atom. The number of esters is 1. The van der Waals surface area contributed by atoms with Crippen molar-refractivity contribution in [3.63, 3.8) is 0 Å². The van der Waals surface area contributed by atoms with Crippen molar-refractivity contribution in [2.45, 2.75) is 32.7 Å². The number of carbonyl (C=O) groups excluding carboxylic acids is 1. The van der Waals surface area contributed by atoms with Gasteiger partial charge in [-0.25, -0.2) is 9.79 Å². The minimum absolute atomic E-state index is 0.206. The van der Waals surface area contributed by atoms with E-state index >= 15 is 0 Å². The van der Waals surface area contributed by atoms with Crippen LogP contribution >= 0.6 is 27.3 Å². The summed E-state index contributed by atoms with van der Waals surface area (Å²) in [6.07, 6.45) is 3.18. The standard InChI is InChI=1S/C27H27BrN2O5S/c1-5-7-20-23(26(32)35-6-2)24(19-15-18(33-3)12-13-21(19)34-4)30-25(31)22(36-27(30)29-20)14-16-8-10-17(28)11-9-16/h8-15,24H,5-7H2,1-4H3/b22-14-/t24-/m0/s1. The average Bonchev–Trinajstić information content (AvgIpc) is 3.18. The third-order valence-electron chi connectivity index (χ3n) is 5.79. The summed E-state index contributed by atoms with van der Waals surface area (Å²) in [5, 5.41) is 0. The predicted molar refractivity (Wildman–Crippen MR) is 143 cm³/mol. The number of benzene rings is 2. The van der Waals surface area contributed by atoms with Gasteiger partial charge in [0.2, 0.25) is 0 Å². The topological polar surface area (TPSA) is 79.1 Å². The molecule has 2 aromatic carbocycles. The summed E-state index contributed by atoms with van der Waals surface area (Å²) in [7, 11) is 3.13. The fourth-order valence-corrected chi connectivity index (χ4v) is 5.46. The SMILES string of the molecule is CCCC1=C(C(=O)OCC)[C@H](c2cc(OC)ccc2OC)n2c(s/c(=C\c3ccc(Br)cc3)c2=O)=N1. The second-order valence-electron chi connectivity index (χ2n) is 8.07. The number of halogens is 1. The fraction of sp³-hybridized carbons (Fsp3) is 0.296. The van der Waals surface area contributed by atoms with Crippen LogP contribution in [0.3, 0.4) is 0 Å². The number of ether oxygens (including phenoxy) is 3. The minimum atomic E-state index is -0.779. The van der Waals surface area contributed by atoms with Crippen LogP contribution in [-0.2, 0) is 9.53 Å². The van der Waals surface area contributed by atoms with Gasteiger partial charge in [0, 0.05) is 10.0 Å². The molecule has 9 heteroatoms. The maximum absolute atomic E-state index is 13.8. The lowest BCUT2D eigenvalue weighted by atomic mass is 9.93. The Bertz CT molecular complexity index is 1490. The van der Waals surface area contributed by atoms with Gasteiger partial charge in [-0.2, -0.15) is 0 Å². The lowest BCUT2D eigenvalue weighted by Gasteiger charge is -2.27. The molecule has 0 bridgehead atoms.